The van der Waals surface area contributed by atoms with Gasteiger partial charge in [0, 0.05) is 0 Å². The van der Waals surface area contributed by atoms with Gasteiger partial charge in [0.05, 0.1) is 0 Å². The maximum absolute atomic E-state index is 11.4. The van der Waals surface area contributed by atoms with Crippen molar-refractivity contribution in [2.45, 2.75) is 13.8 Å². The minimum atomic E-state index is -0.0290. The molecule has 0 aromatic carbocycles. The van der Waals surface area contributed by atoms with Crippen molar-refractivity contribution in [3.8, 4) is 0 Å². The predicted molar refractivity (Wildman–Crippen MR) is 39.8 cm³/mol. The maximum atomic E-state index is 11.4. The second kappa shape index (κ2) is 7.15. The van der Waals surface area contributed by atoms with Gasteiger partial charge >= 0.3 is 112 Å². The molecule has 0 saturated heterocycles. The van der Waals surface area contributed by atoms with Gasteiger partial charge in [0.1, 0.15) is 0 Å². The minimum absolute atomic E-state index is 0.0290. The Labute approximate surface area is 110 Å². The first-order valence-corrected chi connectivity index (χ1v) is 7.85. The van der Waals surface area contributed by atoms with Crippen molar-refractivity contribution in [2.75, 3.05) is 0 Å². The Kier molecular flexibility index (Phi) is 7.60. The van der Waals surface area contributed by atoms with Crippen LogP contribution in [0.1, 0.15) is 13.8 Å². The van der Waals surface area contributed by atoms with Gasteiger partial charge in [-0.05, 0) is 0 Å². The molecule has 1 amide bonds. The SMILES string of the molecule is CC=C([C](C)=[W])N([N]=[W])C(=O)[CH]=[W]. The third-order valence-electron chi connectivity index (χ3n) is 1.25. The molecule has 0 saturated carbocycles. The van der Waals surface area contributed by atoms with E-state index < -0.39 is 0 Å². The zero-order valence-electron chi connectivity index (χ0n) is 7.18. The molecular formula is C7H8N2OW3. The summed E-state index contributed by atoms with van der Waals surface area (Å²) in [6.45, 7) is 3.93. The Balaban J connectivity index is 4.96. The van der Waals surface area contributed by atoms with Crippen LogP contribution in [0.2, 0.25) is 0 Å². The number of hydrogen-bond acceptors (Lipinski definition) is 2. The van der Waals surface area contributed by atoms with Crippen molar-refractivity contribution in [1.29, 1.82) is 0 Å². The van der Waals surface area contributed by atoms with Crippen molar-refractivity contribution in [3.05, 3.63) is 11.8 Å². The Morgan fingerprint density at radius 2 is 2.08 bits per heavy atom. The zero-order chi connectivity index (χ0) is 10.4. The van der Waals surface area contributed by atoms with E-state index in [0.717, 1.165) is 44.7 Å². The summed E-state index contributed by atoms with van der Waals surface area (Å²) in [5.41, 5.74) is 0.924. The Hall–Kier alpha value is 0.815. The van der Waals surface area contributed by atoms with Gasteiger partial charge in [-0.1, -0.05) is 0 Å². The molecule has 13 heavy (non-hydrogen) atoms. The first-order chi connectivity index (χ1) is 6.08. The van der Waals surface area contributed by atoms with Crippen molar-refractivity contribution in [2.24, 2.45) is 3.60 Å². The first-order valence-electron chi connectivity index (χ1n) is 3.38. The van der Waals surface area contributed by atoms with Crippen molar-refractivity contribution >= 4 is 14.2 Å². The first kappa shape index (κ1) is 13.8. The average Bonchev–Trinajstić information content (AvgIpc) is 2.12. The molecule has 0 aliphatic carbocycles. The predicted octanol–water partition coefficient (Wildman–Crippen LogP) is 0.452. The summed E-state index contributed by atoms with van der Waals surface area (Å²) in [4.78, 5) is 11.4. The van der Waals surface area contributed by atoms with Crippen LogP contribution >= 0.6 is 0 Å². The van der Waals surface area contributed by atoms with Crippen LogP contribution in [0.5, 0.6) is 0 Å². The summed E-state index contributed by atoms with van der Waals surface area (Å²) in [6.07, 6.45) is 1.92. The van der Waals surface area contributed by atoms with E-state index in [-0.39, 0.29) is 5.91 Å². The van der Waals surface area contributed by atoms with Crippen LogP contribution in [0.3, 0.4) is 0 Å². The van der Waals surface area contributed by atoms with Gasteiger partial charge in [-0.25, -0.2) is 0 Å². The third kappa shape index (κ3) is 4.23. The van der Waals surface area contributed by atoms with Crippen LogP contribution in [0.25, 0.3) is 0 Å². The van der Waals surface area contributed by atoms with Gasteiger partial charge < -0.3 is 0 Å². The topological polar surface area (TPSA) is 32.7 Å². The molecule has 0 bridgehead atoms. The molecule has 0 rings (SSSR count). The summed E-state index contributed by atoms with van der Waals surface area (Å²) in [7, 11) is 0. The van der Waals surface area contributed by atoms with Crippen LogP contribution in [0.4, 0.5) is 0 Å². The molecular weight excluding hydrogens is 680 g/mol. The second-order valence-electron chi connectivity index (χ2n) is 2.08. The molecule has 0 radical (unpaired) electrons. The van der Waals surface area contributed by atoms with Gasteiger partial charge in [0.15, 0.2) is 0 Å². The quantitative estimate of drug-likeness (QED) is 0.396. The summed E-state index contributed by atoms with van der Waals surface area (Å²) in [6, 6.07) is 0. The molecule has 0 atom stereocenters. The summed E-state index contributed by atoms with van der Waals surface area (Å²) in [5.74, 6) is -0.0290. The van der Waals surface area contributed by atoms with Crippen LogP contribution in [0, 0.1) is 0 Å². The van der Waals surface area contributed by atoms with Gasteiger partial charge in [0.2, 0.25) is 0 Å². The molecule has 0 N–H and O–H groups in total. The zero-order valence-corrected chi connectivity index (χ0v) is 16.0. The van der Waals surface area contributed by atoms with E-state index in [1.807, 2.05) is 19.9 Å². The van der Waals surface area contributed by atoms with E-state index in [1.165, 1.54) is 28.3 Å². The number of hydrogen-bond donors (Lipinski definition) is 0. The number of allylic oxidation sites excluding steroid dienone is 2. The molecule has 0 unspecified atom stereocenters. The Bertz CT molecular complexity index is 285. The fourth-order valence-electron chi connectivity index (χ4n) is 0.728. The van der Waals surface area contributed by atoms with E-state index in [1.54, 1.807) is 4.40 Å². The van der Waals surface area contributed by atoms with Crippen LogP contribution in [0.15, 0.2) is 15.4 Å². The van der Waals surface area contributed by atoms with E-state index in [2.05, 4.69) is 3.60 Å². The number of nitrogens with zero attached hydrogens (tertiary/aromatic N) is 2. The molecule has 0 aromatic heterocycles. The number of amides is 1. The normalized spacial score (nSPS) is 10.5. The molecule has 0 fully saturated rings. The molecule has 3 nitrogen and oxygen atoms in total. The average molecular weight is 688 g/mol. The van der Waals surface area contributed by atoms with E-state index in [0.29, 0.717) is 0 Å². The van der Waals surface area contributed by atoms with Crippen LogP contribution < -0.4 is 0 Å². The van der Waals surface area contributed by atoms with Crippen LogP contribution in [-0.2, 0) is 63.1 Å². The van der Waals surface area contributed by atoms with Gasteiger partial charge in [-0.15, -0.1) is 0 Å². The number of rotatable bonds is 4. The molecule has 0 spiro atoms. The van der Waals surface area contributed by atoms with Crippen molar-refractivity contribution in [3.63, 3.8) is 0 Å². The van der Waals surface area contributed by atoms with E-state index in [9.17, 15) is 4.79 Å². The van der Waals surface area contributed by atoms with Gasteiger partial charge in [-0.3, -0.25) is 0 Å². The summed E-state index contributed by atoms with van der Waals surface area (Å²) < 4.78 is 6.81. The molecule has 0 heterocycles. The van der Waals surface area contributed by atoms with Crippen molar-refractivity contribution < 1.29 is 63.1 Å². The summed E-state index contributed by atoms with van der Waals surface area (Å²) in [5, 5.41) is 1.48. The Morgan fingerprint density at radius 1 is 1.54 bits per heavy atom. The monoisotopic (exact) mass is 688 g/mol. The van der Waals surface area contributed by atoms with Crippen LogP contribution in [-0.4, -0.2) is 19.2 Å². The number of carbonyl (C=O) groups excluding carboxylic acids is 1. The summed E-state index contributed by atoms with van der Waals surface area (Å²) >= 11 is 3.55. The molecule has 0 aliphatic heterocycles. The fourth-order valence-corrected chi connectivity index (χ4v) is 2.43. The molecule has 0 aliphatic rings. The second-order valence-corrected chi connectivity index (χ2v) is 5.71. The molecule has 0 aromatic rings. The Morgan fingerprint density at radius 3 is 2.31 bits per heavy atom. The fraction of sp³-hybridized carbons (Fsp3) is 0.286. The van der Waals surface area contributed by atoms with Gasteiger partial charge in [-0.2, -0.15) is 0 Å². The standard InChI is InChI=1S/C7H8N2O.3W/c1-4-7(5-2)9(8)6(3)10;;;/h3-4H,1-2H3;;;. The molecule has 70 valence electrons. The van der Waals surface area contributed by atoms with Gasteiger partial charge in [0.25, 0.3) is 0 Å². The van der Waals surface area contributed by atoms with Crippen molar-refractivity contribution in [1.82, 2.24) is 5.01 Å². The molecule has 6 heteroatoms. The van der Waals surface area contributed by atoms with E-state index >= 15 is 0 Å². The third-order valence-corrected chi connectivity index (χ3v) is 3.32. The van der Waals surface area contributed by atoms with E-state index in [4.69, 9.17) is 0 Å². The number of carbonyl (C=O) groups is 1.